The third kappa shape index (κ3) is 2.33. The van der Waals surface area contributed by atoms with Crippen LogP contribution in [0.4, 0.5) is 12.0 Å². The van der Waals surface area contributed by atoms with Gasteiger partial charge in [0.2, 0.25) is 5.95 Å². The van der Waals surface area contributed by atoms with Crippen LogP contribution >= 0.6 is 0 Å². The Morgan fingerprint density at radius 1 is 1.13 bits per heavy atom. The van der Waals surface area contributed by atoms with Gasteiger partial charge >= 0.3 is 6.01 Å². The van der Waals surface area contributed by atoms with Gasteiger partial charge in [0.05, 0.1) is 11.0 Å². The minimum atomic E-state index is -0.0187. The lowest BCUT2D eigenvalue weighted by Crippen LogP contribution is -2.04. The Labute approximate surface area is 132 Å². The summed E-state index contributed by atoms with van der Waals surface area (Å²) < 4.78 is 7.66. The van der Waals surface area contributed by atoms with Crippen molar-refractivity contribution in [1.82, 2.24) is 14.5 Å². The first kappa shape index (κ1) is 13.8. The van der Waals surface area contributed by atoms with Gasteiger partial charge in [-0.15, -0.1) is 0 Å². The number of oxazole rings is 1. The summed E-state index contributed by atoms with van der Waals surface area (Å²) in [5.41, 5.74) is 10.5. The van der Waals surface area contributed by atoms with Crippen molar-refractivity contribution in [3.05, 3.63) is 48.0 Å². The molecule has 4 aromatic rings. The molecule has 2 aromatic heterocycles. The molecule has 1 unspecified atom stereocenters. The molecule has 0 aliphatic heterocycles. The number of benzene rings is 2. The number of fused-ring (bicyclic) bond motifs is 2. The molecule has 1 atom stereocenters. The number of aryl methyl sites for hydroxylation is 1. The van der Waals surface area contributed by atoms with Gasteiger partial charge in [-0.05, 0) is 36.8 Å². The number of aromatic nitrogens is 3. The molecule has 6 heteroatoms. The van der Waals surface area contributed by atoms with Crippen molar-refractivity contribution in [3.63, 3.8) is 0 Å². The molecule has 3 N–H and O–H groups in total. The second-order valence-electron chi connectivity index (χ2n) is 5.64. The molecule has 0 aliphatic carbocycles. The van der Waals surface area contributed by atoms with Crippen molar-refractivity contribution in [2.45, 2.75) is 13.0 Å². The fourth-order valence-corrected chi connectivity index (χ4v) is 2.63. The molecule has 0 fully saturated rings. The Bertz CT molecular complexity index is 966. The highest BCUT2D eigenvalue weighted by Gasteiger charge is 2.12. The van der Waals surface area contributed by atoms with E-state index in [1.54, 1.807) is 0 Å². The van der Waals surface area contributed by atoms with Gasteiger partial charge in [0.25, 0.3) is 0 Å². The quantitative estimate of drug-likeness (QED) is 0.605. The summed E-state index contributed by atoms with van der Waals surface area (Å²) >= 11 is 0. The average Bonchev–Trinajstić information content (AvgIpc) is 3.08. The lowest BCUT2D eigenvalue weighted by molar-refractivity contribution is 0.621. The van der Waals surface area contributed by atoms with Crippen molar-refractivity contribution < 1.29 is 4.42 Å². The van der Waals surface area contributed by atoms with Gasteiger partial charge in [-0.1, -0.05) is 18.2 Å². The van der Waals surface area contributed by atoms with Crippen molar-refractivity contribution in [3.8, 4) is 0 Å². The maximum atomic E-state index is 5.94. The zero-order chi connectivity index (χ0) is 16.0. The van der Waals surface area contributed by atoms with Gasteiger partial charge in [0, 0.05) is 13.1 Å². The Hall–Kier alpha value is -2.86. The molecular weight excluding hydrogens is 290 g/mol. The van der Waals surface area contributed by atoms with Crippen LogP contribution in [0.3, 0.4) is 0 Å². The summed E-state index contributed by atoms with van der Waals surface area (Å²) in [7, 11) is 1.95. The third-order valence-electron chi connectivity index (χ3n) is 3.94. The number of nitrogens with two attached hydrogens (primary N) is 1. The summed E-state index contributed by atoms with van der Waals surface area (Å²) in [6.07, 6.45) is 0. The van der Waals surface area contributed by atoms with Gasteiger partial charge in [-0.2, -0.15) is 4.98 Å². The van der Waals surface area contributed by atoms with Crippen molar-refractivity contribution >= 4 is 34.1 Å². The predicted octanol–water partition coefficient (Wildman–Crippen LogP) is 3.48. The van der Waals surface area contributed by atoms with E-state index < -0.39 is 0 Å². The maximum absolute atomic E-state index is 5.94. The highest BCUT2D eigenvalue weighted by Crippen LogP contribution is 2.25. The Balaban J connectivity index is 1.74. The van der Waals surface area contributed by atoms with Crippen LogP contribution in [-0.4, -0.2) is 14.5 Å². The van der Waals surface area contributed by atoms with E-state index in [9.17, 15) is 0 Å². The van der Waals surface area contributed by atoms with E-state index in [4.69, 9.17) is 10.2 Å². The molecule has 2 heterocycles. The molecule has 4 rings (SSSR count). The van der Waals surface area contributed by atoms with Crippen molar-refractivity contribution in [2.75, 3.05) is 5.32 Å². The summed E-state index contributed by atoms with van der Waals surface area (Å²) in [6.45, 7) is 1.96. The molecule has 0 amide bonds. The monoisotopic (exact) mass is 307 g/mol. The third-order valence-corrected chi connectivity index (χ3v) is 3.94. The van der Waals surface area contributed by atoms with Crippen molar-refractivity contribution in [2.24, 2.45) is 12.8 Å². The van der Waals surface area contributed by atoms with E-state index in [1.807, 2.05) is 61.0 Å². The van der Waals surface area contributed by atoms with Gasteiger partial charge in [0.1, 0.15) is 5.52 Å². The average molecular weight is 307 g/mol. The number of nitrogens with zero attached hydrogens (tertiary/aromatic N) is 3. The van der Waals surface area contributed by atoms with E-state index in [1.165, 1.54) is 0 Å². The van der Waals surface area contributed by atoms with E-state index in [0.717, 1.165) is 27.7 Å². The molecule has 0 saturated carbocycles. The number of imidazole rings is 1. The zero-order valence-corrected chi connectivity index (χ0v) is 12.9. The van der Waals surface area contributed by atoms with Crippen LogP contribution in [0.5, 0.6) is 0 Å². The molecule has 116 valence electrons. The Morgan fingerprint density at radius 2 is 1.96 bits per heavy atom. The fraction of sp³-hybridized carbons (Fsp3) is 0.176. The first-order chi connectivity index (χ1) is 11.1. The van der Waals surface area contributed by atoms with E-state index in [2.05, 4.69) is 15.3 Å². The van der Waals surface area contributed by atoms with Crippen LogP contribution in [0.2, 0.25) is 0 Å². The number of hydrogen-bond acceptors (Lipinski definition) is 5. The number of hydrogen-bond donors (Lipinski definition) is 2. The standard InChI is InChI=1S/C17H17N5O/c1-10(18)11-7-8-14-13(9-11)19-16(22(14)2)21-17-20-12-5-3-4-6-15(12)23-17/h3-10H,18H2,1-2H3,(H,19,20,21). The molecular formula is C17H17N5O. The predicted molar refractivity (Wildman–Crippen MR) is 90.6 cm³/mol. The summed E-state index contributed by atoms with van der Waals surface area (Å²) in [6, 6.07) is 14.1. The Morgan fingerprint density at radius 3 is 2.74 bits per heavy atom. The summed E-state index contributed by atoms with van der Waals surface area (Å²) in [5.74, 6) is 0.674. The smallest absolute Gasteiger partial charge is 0.302 e. The maximum Gasteiger partial charge on any atom is 0.302 e. The molecule has 0 aliphatic rings. The van der Waals surface area contributed by atoms with Gasteiger partial charge < -0.3 is 14.7 Å². The summed E-state index contributed by atoms with van der Waals surface area (Å²) in [4.78, 5) is 9.03. The van der Waals surface area contributed by atoms with Gasteiger partial charge in [0.15, 0.2) is 5.58 Å². The normalized spacial score (nSPS) is 12.8. The molecule has 23 heavy (non-hydrogen) atoms. The van der Waals surface area contributed by atoms with Crippen LogP contribution in [-0.2, 0) is 7.05 Å². The molecule has 0 radical (unpaired) electrons. The van der Waals surface area contributed by atoms with E-state index >= 15 is 0 Å². The van der Waals surface area contributed by atoms with Crippen LogP contribution in [0.25, 0.3) is 22.1 Å². The molecule has 0 saturated heterocycles. The minimum absolute atomic E-state index is 0.0187. The lowest BCUT2D eigenvalue weighted by atomic mass is 10.1. The zero-order valence-electron chi connectivity index (χ0n) is 12.9. The highest BCUT2D eigenvalue weighted by molar-refractivity contribution is 5.80. The van der Waals surface area contributed by atoms with Gasteiger partial charge in [-0.3, -0.25) is 5.32 Å². The number of rotatable bonds is 3. The van der Waals surface area contributed by atoms with Crippen LogP contribution in [0.15, 0.2) is 46.9 Å². The second kappa shape index (κ2) is 5.10. The van der Waals surface area contributed by atoms with Gasteiger partial charge in [-0.25, -0.2) is 4.98 Å². The minimum Gasteiger partial charge on any atom is -0.423 e. The second-order valence-corrected chi connectivity index (χ2v) is 5.64. The topological polar surface area (TPSA) is 81.9 Å². The number of para-hydroxylation sites is 2. The molecule has 0 bridgehead atoms. The first-order valence-electron chi connectivity index (χ1n) is 7.46. The van der Waals surface area contributed by atoms with E-state index in [0.29, 0.717) is 12.0 Å². The number of anilines is 2. The van der Waals surface area contributed by atoms with Crippen LogP contribution in [0.1, 0.15) is 18.5 Å². The SMILES string of the molecule is CC(N)c1ccc2c(c1)nc(Nc1nc3ccccc3o1)n2C. The fourth-order valence-electron chi connectivity index (χ4n) is 2.63. The number of nitrogens with one attached hydrogen (secondary N) is 1. The van der Waals surface area contributed by atoms with Crippen LogP contribution in [0, 0.1) is 0 Å². The largest absolute Gasteiger partial charge is 0.423 e. The molecule has 0 spiro atoms. The first-order valence-corrected chi connectivity index (χ1v) is 7.46. The molecule has 6 nitrogen and oxygen atoms in total. The molecule has 2 aromatic carbocycles. The lowest BCUT2D eigenvalue weighted by Gasteiger charge is -2.04. The Kier molecular flexibility index (Phi) is 3.06. The van der Waals surface area contributed by atoms with Crippen molar-refractivity contribution in [1.29, 1.82) is 0 Å². The highest BCUT2D eigenvalue weighted by atomic mass is 16.4. The summed E-state index contributed by atoms with van der Waals surface area (Å²) in [5, 5.41) is 3.14. The van der Waals surface area contributed by atoms with Crippen LogP contribution < -0.4 is 11.1 Å². The van der Waals surface area contributed by atoms with E-state index in [-0.39, 0.29) is 6.04 Å².